The second-order valence-corrected chi connectivity index (χ2v) is 9.15. The Morgan fingerprint density at radius 2 is 1.55 bits per heavy atom. The summed E-state index contributed by atoms with van der Waals surface area (Å²) in [5.41, 5.74) is 6.85. The van der Waals surface area contributed by atoms with Crippen molar-refractivity contribution in [2.75, 3.05) is 12.3 Å². The van der Waals surface area contributed by atoms with E-state index in [1.165, 1.54) is 19.9 Å². The third-order valence-electron chi connectivity index (χ3n) is 5.98. The summed E-state index contributed by atoms with van der Waals surface area (Å²) in [7, 11) is 0. The van der Waals surface area contributed by atoms with Gasteiger partial charge in [-0.15, -0.1) is 0 Å². The molecule has 0 aliphatic carbocycles. The first-order chi connectivity index (χ1) is 18.0. The predicted molar refractivity (Wildman–Crippen MR) is 140 cm³/mol. The molecule has 1 heterocycles. The molecule has 200 valence electrons. The molecule has 8 nitrogen and oxygen atoms in total. The molecule has 1 atom stereocenters. The topological polar surface area (TPSA) is 123 Å². The van der Waals surface area contributed by atoms with Gasteiger partial charge in [0.1, 0.15) is 6.54 Å². The number of hydrogen-bond donors (Lipinski definition) is 3. The van der Waals surface area contributed by atoms with Crippen molar-refractivity contribution in [3.8, 4) is 11.3 Å². The van der Waals surface area contributed by atoms with Gasteiger partial charge in [0, 0.05) is 6.54 Å². The molecule has 0 radical (unpaired) electrons. The molecule has 0 fully saturated rings. The molecule has 0 aliphatic rings. The molecule has 3 aromatic rings. The van der Waals surface area contributed by atoms with E-state index in [1.807, 2.05) is 0 Å². The van der Waals surface area contributed by atoms with Crippen molar-refractivity contribution in [2.45, 2.75) is 38.8 Å². The van der Waals surface area contributed by atoms with Crippen LogP contribution in [0.1, 0.15) is 19.4 Å². The van der Waals surface area contributed by atoms with E-state index in [4.69, 9.17) is 5.73 Å². The van der Waals surface area contributed by atoms with Gasteiger partial charge >= 0.3 is 5.92 Å². The fourth-order valence-corrected chi connectivity index (χ4v) is 3.89. The number of alkyl halides is 2. The van der Waals surface area contributed by atoms with Crippen LogP contribution in [0, 0.1) is 5.92 Å². The van der Waals surface area contributed by atoms with Gasteiger partial charge < -0.3 is 16.4 Å². The quantitative estimate of drug-likeness (QED) is 0.333. The van der Waals surface area contributed by atoms with Gasteiger partial charge in [-0.2, -0.15) is 8.78 Å². The summed E-state index contributed by atoms with van der Waals surface area (Å²) >= 11 is 0. The Morgan fingerprint density at radius 3 is 2.16 bits per heavy atom. The Bertz CT molecular complexity index is 1340. The Balaban J connectivity index is 1.73. The minimum atomic E-state index is -4.37. The Kier molecular flexibility index (Phi) is 9.11. The second kappa shape index (κ2) is 12.3. The summed E-state index contributed by atoms with van der Waals surface area (Å²) in [5, 5.41) is 4.38. The smallest absolute Gasteiger partial charge is 0.383 e. The number of nitrogens with one attached hydrogen (secondary N) is 2. The van der Waals surface area contributed by atoms with Gasteiger partial charge in [0.15, 0.2) is 0 Å². The van der Waals surface area contributed by atoms with E-state index in [1.54, 1.807) is 66.7 Å². The highest BCUT2D eigenvalue weighted by Crippen LogP contribution is 2.22. The number of carbonyl (C=O) groups is 3. The largest absolute Gasteiger partial charge is 0.394 e. The maximum atomic E-state index is 14.8. The molecular formula is C28H30F2N4O4. The molecule has 0 bridgehead atoms. The lowest BCUT2D eigenvalue weighted by Crippen LogP contribution is -2.57. The molecule has 2 aromatic carbocycles. The first-order valence-electron chi connectivity index (χ1n) is 12.1. The van der Waals surface area contributed by atoms with E-state index in [2.05, 4.69) is 10.6 Å². The van der Waals surface area contributed by atoms with Crippen molar-refractivity contribution in [1.82, 2.24) is 15.2 Å². The Morgan fingerprint density at radius 1 is 0.947 bits per heavy atom. The van der Waals surface area contributed by atoms with Crippen LogP contribution in [0.5, 0.6) is 0 Å². The monoisotopic (exact) mass is 524 g/mol. The average Bonchev–Trinajstić information content (AvgIpc) is 2.90. The van der Waals surface area contributed by atoms with Crippen LogP contribution in [0.2, 0.25) is 0 Å². The summed E-state index contributed by atoms with van der Waals surface area (Å²) in [4.78, 5) is 50.6. The van der Waals surface area contributed by atoms with Crippen molar-refractivity contribution in [1.29, 1.82) is 0 Å². The van der Waals surface area contributed by atoms with Crippen LogP contribution < -0.4 is 21.9 Å². The molecule has 0 saturated heterocycles. The Hall–Kier alpha value is -4.34. The molecule has 1 unspecified atom stereocenters. The van der Waals surface area contributed by atoms with E-state index >= 15 is 0 Å². The fourth-order valence-electron chi connectivity index (χ4n) is 3.89. The van der Waals surface area contributed by atoms with Crippen LogP contribution in [0.4, 0.5) is 14.5 Å². The van der Waals surface area contributed by atoms with E-state index in [-0.39, 0.29) is 12.2 Å². The SMILES string of the molecule is CC(C)C(NC(=O)Cn1c(-c2ccccc2)ccc(N)c1=O)C(=O)C(F)(F)C(=O)NCCc1ccccc1. The van der Waals surface area contributed by atoms with E-state index in [9.17, 15) is 28.0 Å². The second-order valence-electron chi connectivity index (χ2n) is 9.15. The van der Waals surface area contributed by atoms with Crippen molar-refractivity contribution in [2.24, 2.45) is 5.92 Å². The van der Waals surface area contributed by atoms with Crippen LogP contribution in [0.15, 0.2) is 77.6 Å². The van der Waals surface area contributed by atoms with Crippen LogP contribution in [-0.2, 0) is 27.3 Å². The first kappa shape index (κ1) is 28.2. The lowest BCUT2D eigenvalue weighted by molar-refractivity contribution is -0.161. The highest BCUT2D eigenvalue weighted by atomic mass is 19.3. The molecule has 0 aliphatic heterocycles. The fraction of sp³-hybridized carbons (Fsp3) is 0.286. The van der Waals surface area contributed by atoms with Crippen LogP contribution in [-0.4, -0.2) is 40.7 Å². The number of nitrogen functional groups attached to an aromatic ring is 1. The minimum absolute atomic E-state index is 0.0922. The van der Waals surface area contributed by atoms with Gasteiger partial charge in [-0.25, -0.2) is 0 Å². The molecule has 2 amide bonds. The van der Waals surface area contributed by atoms with Gasteiger partial charge in [-0.1, -0.05) is 74.5 Å². The van der Waals surface area contributed by atoms with Crippen molar-refractivity contribution in [3.63, 3.8) is 0 Å². The number of aromatic nitrogens is 1. The number of hydrogen-bond acceptors (Lipinski definition) is 5. The normalized spacial score (nSPS) is 12.1. The summed E-state index contributed by atoms with van der Waals surface area (Å²) in [6.07, 6.45) is 0.305. The van der Waals surface area contributed by atoms with Gasteiger partial charge in [-0.3, -0.25) is 23.7 Å². The van der Waals surface area contributed by atoms with Gasteiger partial charge in [0.2, 0.25) is 11.7 Å². The number of carbonyl (C=O) groups excluding carboxylic acids is 3. The number of pyridine rings is 1. The standard InChI is InChI=1S/C28H30F2N4O4/c1-18(2)24(25(36)28(29,30)27(38)32-16-15-19-9-5-3-6-10-19)33-23(35)17-34-22(14-13-21(31)26(34)37)20-11-7-4-8-12-20/h3-14,18,24H,15-17,31H2,1-2H3,(H,32,38)(H,33,35). The van der Waals surface area contributed by atoms with Crippen LogP contribution in [0.3, 0.4) is 0 Å². The third-order valence-corrected chi connectivity index (χ3v) is 5.98. The first-order valence-corrected chi connectivity index (χ1v) is 12.1. The number of halogens is 2. The van der Waals surface area contributed by atoms with Gasteiger partial charge in [0.25, 0.3) is 11.5 Å². The number of anilines is 1. The number of rotatable bonds is 11. The third kappa shape index (κ3) is 6.70. The number of amides is 2. The lowest BCUT2D eigenvalue weighted by Gasteiger charge is -2.25. The predicted octanol–water partition coefficient (Wildman–Crippen LogP) is 2.80. The molecule has 38 heavy (non-hydrogen) atoms. The summed E-state index contributed by atoms with van der Waals surface area (Å²) in [6, 6.07) is 19.0. The van der Waals surface area contributed by atoms with Crippen molar-refractivity contribution < 1.29 is 23.2 Å². The zero-order valence-corrected chi connectivity index (χ0v) is 21.1. The molecule has 0 spiro atoms. The van der Waals surface area contributed by atoms with E-state index in [0.29, 0.717) is 17.7 Å². The number of Topliss-reactive ketones (excluding diaryl/α,β-unsaturated/α-hetero) is 1. The maximum absolute atomic E-state index is 14.8. The minimum Gasteiger partial charge on any atom is -0.394 e. The zero-order chi connectivity index (χ0) is 27.9. The zero-order valence-electron chi connectivity index (χ0n) is 21.1. The maximum Gasteiger partial charge on any atom is 0.383 e. The van der Waals surface area contributed by atoms with Crippen LogP contribution in [0.25, 0.3) is 11.3 Å². The molecular weight excluding hydrogens is 494 g/mol. The number of ketones is 1. The van der Waals surface area contributed by atoms with Crippen LogP contribution >= 0.6 is 0 Å². The molecule has 4 N–H and O–H groups in total. The van der Waals surface area contributed by atoms with E-state index < -0.39 is 47.6 Å². The van der Waals surface area contributed by atoms with Crippen molar-refractivity contribution in [3.05, 3.63) is 88.7 Å². The highest BCUT2D eigenvalue weighted by molar-refractivity contribution is 6.10. The Labute approximate surface area is 218 Å². The molecule has 0 saturated carbocycles. The number of benzene rings is 2. The van der Waals surface area contributed by atoms with Gasteiger partial charge in [0.05, 0.1) is 17.4 Å². The summed E-state index contributed by atoms with van der Waals surface area (Å²) in [6.45, 7) is 2.27. The summed E-state index contributed by atoms with van der Waals surface area (Å²) in [5.74, 6) is -9.47. The number of nitrogens with zero attached hydrogens (tertiary/aromatic N) is 1. The van der Waals surface area contributed by atoms with Gasteiger partial charge in [-0.05, 0) is 35.6 Å². The van der Waals surface area contributed by atoms with E-state index in [0.717, 1.165) is 10.1 Å². The molecule has 1 aromatic heterocycles. The van der Waals surface area contributed by atoms with Crippen molar-refractivity contribution >= 4 is 23.3 Å². The highest BCUT2D eigenvalue weighted by Gasteiger charge is 2.51. The number of nitrogens with two attached hydrogens (primary N) is 1. The lowest BCUT2D eigenvalue weighted by atomic mass is 9.95. The molecule has 3 rings (SSSR count). The molecule has 10 heteroatoms. The average molecular weight is 525 g/mol. The summed E-state index contributed by atoms with van der Waals surface area (Å²) < 4.78 is 30.8.